The number of esters is 1. The number of ether oxygens (including phenoxy) is 1. The number of nitrogens with zero attached hydrogens (tertiary/aromatic N) is 5. The summed E-state index contributed by atoms with van der Waals surface area (Å²) in [7, 11) is 0. The van der Waals surface area contributed by atoms with Crippen molar-refractivity contribution in [3.63, 3.8) is 0 Å². The first-order chi connectivity index (χ1) is 20.0. The van der Waals surface area contributed by atoms with Gasteiger partial charge in [0.1, 0.15) is 17.4 Å². The van der Waals surface area contributed by atoms with Gasteiger partial charge in [-0.2, -0.15) is 0 Å². The molecule has 3 atom stereocenters. The molecule has 2 aromatic rings. The van der Waals surface area contributed by atoms with Gasteiger partial charge in [-0.3, -0.25) is 24.5 Å². The van der Waals surface area contributed by atoms with Crippen molar-refractivity contribution in [2.24, 2.45) is 4.99 Å². The Balaban J connectivity index is 1.47. The van der Waals surface area contributed by atoms with Crippen molar-refractivity contribution in [1.82, 2.24) is 25.0 Å². The van der Waals surface area contributed by atoms with Crippen molar-refractivity contribution < 1.29 is 23.8 Å². The molecule has 2 N–H and O–H groups in total. The Bertz CT molecular complexity index is 1400. The number of thiazole rings is 1. The van der Waals surface area contributed by atoms with Crippen LogP contribution in [0.3, 0.4) is 0 Å². The minimum atomic E-state index is -0.838. The Hall–Kier alpha value is -2.84. The van der Waals surface area contributed by atoms with E-state index in [1.54, 1.807) is 32.2 Å². The van der Waals surface area contributed by atoms with Gasteiger partial charge < -0.3 is 15.2 Å². The average molecular weight is 617 g/mol. The molecule has 5 rings (SSSR count). The van der Waals surface area contributed by atoms with Crippen molar-refractivity contribution in [1.29, 1.82) is 0 Å². The van der Waals surface area contributed by atoms with E-state index in [-0.39, 0.29) is 30.4 Å². The first-order valence-electron chi connectivity index (χ1n) is 14.0. The molecule has 0 spiro atoms. The highest BCUT2D eigenvalue weighted by Gasteiger charge is 2.47. The number of hydrogen-bond donors (Lipinski definition) is 3. The fraction of sp³-hybridized carbons (Fsp3) is 0.517. The molecule has 226 valence electrons. The largest absolute Gasteiger partial charge is 0.481 e. The van der Waals surface area contributed by atoms with Crippen LogP contribution in [0.1, 0.15) is 49.4 Å². The molecule has 2 saturated heterocycles. The second-order valence-electron chi connectivity index (χ2n) is 11.4. The van der Waals surface area contributed by atoms with Gasteiger partial charge in [0, 0.05) is 61.6 Å². The molecule has 13 heteroatoms. The van der Waals surface area contributed by atoms with Crippen LogP contribution in [0.2, 0.25) is 0 Å². The molecule has 0 saturated carbocycles. The van der Waals surface area contributed by atoms with Crippen LogP contribution in [0.25, 0.3) is 0 Å². The summed E-state index contributed by atoms with van der Waals surface area (Å²) in [6.07, 6.45) is 1.72. The number of carboxylic acids is 1. The molecule has 4 heterocycles. The van der Waals surface area contributed by atoms with Crippen molar-refractivity contribution >= 4 is 41.7 Å². The van der Waals surface area contributed by atoms with Crippen LogP contribution in [0, 0.1) is 12.7 Å². The number of carbonyl (C=O) groups is 2. The second kappa shape index (κ2) is 12.4. The number of carbonyl (C=O) groups excluding carboxylic acids is 1. The maximum absolute atomic E-state index is 14.7. The number of aromatic nitrogens is 1. The number of halogens is 1. The van der Waals surface area contributed by atoms with Crippen molar-refractivity contribution in [2.75, 3.05) is 39.3 Å². The molecule has 42 heavy (non-hydrogen) atoms. The number of thiol groups is 1. The Morgan fingerprint density at radius 1 is 1.29 bits per heavy atom. The maximum atomic E-state index is 14.7. The molecular formula is C29H37FN6O4S2. The Labute approximate surface area is 254 Å². The van der Waals surface area contributed by atoms with Gasteiger partial charge in [0.05, 0.1) is 18.6 Å². The Morgan fingerprint density at radius 2 is 2.07 bits per heavy atom. The van der Waals surface area contributed by atoms with Gasteiger partial charge in [-0.1, -0.05) is 12.1 Å². The van der Waals surface area contributed by atoms with Crippen LogP contribution in [0.4, 0.5) is 4.39 Å². The number of carboxylic acid groups (broad SMARTS) is 1. The highest BCUT2D eigenvalue weighted by molar-refractivity contribution is 7.80. The Kier molecular flexibility index (Phi) is 9.05. The molecule has 1 aromatic carbocycles. The SMILES string of the molecule is CCOC(=O)C1=C(CN2CCN3C(S)N(C(C)(C)CC(=O)O)C[C@@H]3C2)NC(c2nccs2)=N[C@H]1c1cccc(F)c1C. The molecule has 0 radical (unpaired) electrons. The summed E-state index contributed by atoms with van der Waals surface area (Å²) in [5, 5.41) is 15.4. The smallest absolute Gasteiger partial charge is 0.338 e. The number of piperazine rings is 1. The van der Waals surface area contributed by atoms with Gasteiger partial charge >= 0.3 is 11.9 Å². The van der Waals surface area contributed by atoms with Gasteiger partial charge in [-0.05, 0) is 44.9 Å². The van der Waals surface area contributed by atoms with Crippen LogP contribution in [0.5, 0.6) is 0 Å². The van der Waals surface area contributed by atoms with E-state index in [0.717, 1.165) is 13.1 Å². The molecular weight excluding hydrogens is 579 g/mol. The lowest BCUT2D eigenvalue weighted by Gasteiger charge is -2.40. The third-order valence-corrected chi connectivity index (χ3v) is 9.55. The first-order valence-corrected chi connectivity index (χ1v) is 15.4. The lowest BCUT2D eigenvalue weighted by Crippen LogP contribution is -2.54. The molecule has 1 aromatic heterocycles. The standard InChI is InChI=1S/C29H37FN6O4S2/c1-5-40-27(39)23-21(16-34-10-11-35-18(14-34)15-36(28(35)41)29(3,4)13-22(37)38)32-25(26-31-9-12-42-26)33-24(23)19-7-6-8-20(30)17(19)2/h6-9,12,18,24,28,41H,5,10-11,13-16H2,1-4H3,(H,32,33)(H,37,38)/t18-,24-,28?/m0/s1. The van der Waals surface area contributed by atoms with Crippen molar-refractivity contribution in [3.8, 4) is 0 Å². The minimum absolute atomic E-state index is 0.0216. The third-order valence-electron chi connectivity index (χ3n) is 8.20. The maximum Gasteiger partial charge on any atom is 0.338 e. The van der Waals surface area contributed by atoms with Crippen LogP contribution in [-0.2, 0) is 14.3 Å². The summed E-state index contributed by atoms with van der Waals surface area (Å²) in [5.41, 5.74) is 1.30. The van der Waals surface area contributed by atoms with E-state index in [1.807, 2.05) is 19.2 Å². The lowest BCUT2D eigenvalue weighted by atomic mass is 9.92. The van der Waals surface area contributed by atoms with E-state index >= 15 is 0 Å². The highest BCUT2D eigenvalue weighted by atomic mass is 32.1. The topological polar surface area (TPSA) is 111 Å². The predicted molar refractivity (Wildman–Crippen MR) is 162 cm³/mol. The Morgan fingerprint density at radius 3 is 2.76 bits per heavy atom. The van der Waals surface area contributed by atoms with E-state index < -0.39 is 23.5 Å². The van der Waals surface area contributed by atoms with Crippen molar-refractivity contribution in [2.45, 2.75) is 57.2 Å². The summed E-state index contributed by atoms with van der Waals surface area (Å²) >= 11 is 6.30. The number of amidine groups is 1. The number of benzene rings is 1. The summed E-state index contributed by atoms with van der Waals surface area (Å²) in [5.74, 6) is -1.17. The highest BCUT2D eigenvalue weighted by Crippen LogP contribution is 2.37. The molecule has 3 aliphatic rings. The fourth-order valence-corrected chi connectivity index (χ4v) is 7.36. The van der Waals surface area contributed by atoms with Gasteiger partial charge in [0.25, 0.3) is 0 Å². The summed E-state index contributed by atoms with van der Waals surface area (Å²) in [6.45, 7) is 10.8. The van der Waals surface area contributed by atoms with Crippen LogP contribution < -0.4 is 5.32 Å². The van der Waals surface area contributed by atoms with Gasteiger partial charge in [0.2, 0.25) is 0 Å². The van der Waals surface area contributed by atoms with E-state index in [1.165, 1.54) is 17.4 Å². The van der Waals surface area contributed by atoms with E-state index in [4.69, 9.17) is 22.4 Å². The van der Waals surface area contributed by atoms with Gasteiger partial charge in [0.15, 0.2) is 10.8 Å². The summed E-state index contributed by atoms with van der Waals surface area (Å²) in [4.78, 5) is 41.1. The summed E-state index contributed by atoms with van der Waals surface area (Å²) < 4.78 is 20.2. The molecule has 0 amide bonds. The third kappa shape index (κ3) is 6.11. The van der Waals surface area contributed by atoms with Crippen molar-refractivity contribution in [3.05, 3.63) is 63.0 Å². The number of rotatable bonds is 9. The molecule has 0 bridgehead atoms. The molecule has 3 aliphatic heterocycles. The van der Waals surface area contributed by atoms with Gasteiger partial charge in [-0.25, -0.2) is 14.2 Å². The number of aliphatic carboxylic acids is 1. The lowest BCUT2D eigenvalue weighted by molar-refractivity contribution is -0.140. The van der Waals surface area contributed by atoms with E-state index in [2.05, 4.69) is 25.0 Å². The van der Waals surface area contributed by atoms with E-state index in [9.17, 15) is 19.1 Å². The van der Waals surface area contributed by atoms with Crippen LogP contribution in [-0.4, -0.2) is 99.0 Å². The van der Waals surface area contributed by atoms with E-state index in [0.29, 0.717) is 52.9 Å². The second-order valence-corrected chi connectivity index (χ2v) is 12.8. The zero-order valence-corrected chi connectivity index (χ0v) is 25.9. The first kappa shape index (κ1) is 30.6. The zero-order chi connectivity index (χ0) is 30.2. The minimum Gasteiger partial charge on any atom is -0.481 e. The van der Waals surface area contributed by atoms with Gasteiger partial charge in [-0.15, -0.1) is 24.0 Å². The monoisotopic (exact) mass is 616 g/mol. The quantitative estimate of drug-likeness (QED) is 0.289. The number of nitrogens with one attached hydrogen (secondary N) is 1. The normalized spacial score (nSPS) is 23.9. The molecule has 10 nitrogen and oxygen atoms in total. The number of aliphatic imine (C=N–C) groups is 1. The average Bonchev–Trinajstić information content (AvgIpc) is 3.58. The number of fused-ring (bicyclic) bond motifs is 1. The van der Waals surface area contributed by atoms with Crippen LogP contribution in [0.15, 0.2) is 46.0 Å². The molecule has 0 aliphatic carbocycles. The zero-order valence-electron chi connectivity index (χ0n) is 24.2. The number of hydrogen-bond acceptors (Lipinski definition) is 11. The predicted octanol–water partition coefficient (Wildman–Crippen LogP) is 3.27. The fourth-order valence-electron chi connectivity index (χ4n) is 6.06. The molecule has 1 unspecified atom stereocenters. The van der Waals surface area contributed by atoms with Crippen LogP contribution >= 0.6 is 24.0 Å². The summed E-state index contributed by atoms with van der Waals surface area (Å²) in [6, 6.07) is 4.20. The molecule has 2 fully saturated rings.